The Labute approximate surface area is 177 Å². The lowest BCUT2D eigenvalue weighted by Gasteiger charge is -2.37. The number of carbonyl (C=O) groups is 1. The smallest absolute Gasteiger partial charge is 0.270 e. The first kappa shape index (κ1) is 19.0. The molecule has 0 aliphatic carbocycles. The largest absolute Gasteiger partial charge is 0.486 e. The van der Waals surface area contributed by atoms with Gasteiger partial charge in [-0.25, -0.2) is 0 Å². The normalized spacial score (nSPS) is 18.6. The van der Waals surface area contributed by atoms with E-state index in [1.165, 1.54) is 16.8 Å². The van der Waals surface area contributed by atoms with Crippen LogP contribution in [-0.2, 0) is 6.54 Å². The number of hydrogen-bond donors (Lipinski definition) is 0. The average molecular weight is 404 g/mol. The number of ether oxygens (including phenoxy) is 1. The van der Waals surface area contributed by atoms with Gasteiger partial charge in [-0.2, -0.15) is 0 Å². The Morgan fingerprint density at radius 3 is 2.60 bits per heavy atom. The molecule has 0 radical (unpaired) electrons. The Morgan fingerprint density at radius 1 is 1.07 bits per heavy atom. The highest BCUT2D eigenvalue weighted by Gasteiger charge is 2.29. The number of anilines is 1. The zero-order chi connectivity index (χ0) is 20.8. The van der Waals surface area contributed by atoms with Crippen molar-refractivity contribution < 1.29 is 9.53 Å². The van der Waals surface area contributed by atoms with Gasteiger partial charge in [-0.15, -0.1) is 0 Å². The van der Waals surface area contributed by atoms with Crippen LogP contribution in [0.5, 0.6) is 5.75 Å². The number of para-hydroxylation sites is 1. The van der Waals surface area contributed by atoms with Gasteiger partial charge in [-0.05, 0) is 49.6 Å². The topological polar surface area (TPSA) is 37.7 Å². The number of benzene rings is 2. The van der Waals surface area contributed by atoms with E-state index >= 15 is 0 Å². The third-order valence-electron chi connectivity index (χ3n) is 6.72. The van der Waals surface area contributed by atoms with E-state index in [2.05, 4.69) is 54.5 Å². The SMILES string of the molecule is CC[C@@H]1Cn2c(C(=O)N3CCN(c4cccc(C)c4C)CC3)cc3cccc(c32)O1. The number of aromatic nitrogens is 1. The van der Waals surface area contributed by atoms with E-state index in [9.17, 15) is 4.79 Å². The molecule has 1 atom stereocenters. The lowest BCUT2D eigenvalue weighted by atomic mass is 10.1. The Balaban J connectivity index is 1.39. The van der Waals surface area contributed by atoms with Crippen LogP contribution in [-0.4, -0.2) is 47.7 Å². The molecule has 1 saturated heterocycles. The van der Waals surface area contributed by atoms with Crippen LogP contribution in [0.2, 0.25) is 0 Å². The second-order valence-corrected chi connectivity index (χ2v) is 8.48. The molecule has 0 spiro atoms. The van der Waals surface area contributed by atoms with Gasteiger partial charge < -0.3 is 19.1 Å². The second kappa shape index (κ2) is 7.38. The number of hydrogen-bond acceptors (Lipinski definition) is 3. The third kappa shape index (κ3) is 3.04. The lowest BCUT2D eigenvalue weighted by Crippen LogP contribution is -2.49. The Bertz CT molecular complexity index is 1110. The van der Waals surface area contributed by atoms with E-state index in [1.54, 1.807) is 0 Å². The van der Waals surface area contributed by atoms with Crippen molar-refractivity contribution in [2.45, 2.75) is 39.8 Å². The summed E-state index contributed by atoms with van der Waals surface area (Å²) in [4.78, 5) is 17.9. The van der Waals surface area contributed by atoms with Crippen molar-refractivity contribution in [1.29, 1.82) is 0 Å². The number of amides is 1. The van der Waals surface area contributed by atoms with Gasteiger partial charge in [0.1, 0.15) is 17.5 Å². The minimum Gasteiger partial charge on any atom is -0.486 e. The van der Waals surface area contributed by atoms with Gasteiger partial charge in [-0.3, -0.25) is 4.79 Å². The first-order valence-electron chi connectivity index (χ1n) is 11.0. The van der Waals surface area contributed by atoms with Crippen LogP contribution in [0.4, 0.5) is 5.69 Å². The summed E-state index contributed by atoms with van der Waals surface area (Å²) < 4.78 is 8.31. The molecule has 0 saturated carbocycles. The quantitative estimate of drug-likeness (QED) is 0.651. The van der Waals surface area contributed by atoms with Crippen molar-refractivity contribution in [1.82, 2.24) is 9.47 Å². The van der Waals surface area contributed by atoms with Crippen LogP contribution in [0.15, 0.2) is 42.5 Å². The van der Waals surface area contributed by atoms with Gasteiger partial charge in [0.2, 0.25) is 0 Å². The molecule has 156 valence electrons. The van der Waals surface area contributed by atoms with Crippen molar-refractivity contribution >= 4 is 22.5 Å². The molecule has 5 rings (SSSR count). The van der Waals surface area contributed by atoms with Crippen LogP contribution in [0.25, 0.3) is 10.9 Å². The maximum Gasteiger partial charge on any atom is 0.270 e. The van der Waals surface area contributed by atoms with Crippen molar-refractivity contribution in [2.24, 2.45) is 0 Å². The number of piperazine rings is 1. The predicted molar refractivity (Wildman–Crippen MR) is 121 cm³/mol. The first-order valence-corrected chi connectivity index (χ1v) is 11.0. The maximum absolute atomic E-state index is 13.5. The maximum atomic E-state index is 13.5. The number of nitrogens with zero attached hydrogens (tertiary/aromatic N) is 3. The molecule has 1 amide bonds. The van der Waals surface area contributed by atoms with Crippen molar-refractivity contribution in [2.75, 3.05) is 31.1 Å². The predicted octanol–water partition coefficient (Wildman–Crippen LogP) is 4.39. The standard InChI is InChI=1S/C25H29N3O2/c1-4-20-16-28-22(15-19-8-6-10-23(30-20)24(19)28)25(29)27-13-11-26(12-14-27)21-9-5-7-17(2)18(21)3/h5-10,15,20H,4,11-14,16H2,1-3H3/t20-/m1/s1. The highest BCUT2D eigenvalue weighted by Crippen LogP contribution is 2.35. The molecule has 1 fully saturated rings. The summed E-state index contributed by atoms with van der Waals surface area (Å²) in [7, 11) is 0. The monoisotopic (exact) mass is 403 g/mol. The van der Waals surface area contributed by atoms with Crippen LogP contribution in [0.1, 0.15) is 35.0 Å². The summed E-state index contributed by atoms with van der Waals surface area (Å²) in [6.07, 6.45) is 1.04. The van der Waals surface area contributed by atoms with E-state index < -0.39 is 0 Å². The number of aryl methyl sites for hydroxylation is 1. The van der Waals surface area contributed by atoms with E-state index in [0.717, 1.165) is 61.5 Å². The molecule has 3 aromatic rings. The molecule has 2 aromatic carbocycles. The Morgan fingerprint density at radius 2 is 1.83 bits per heavy atom. The van der Waals surface area contributed by atoms with Crippen LogP contribution in [0, 0.1) is 13.8 Å². The van der Waals surface area contributed by atoms with Gasteiger partial charge in [0.25, 0.3) is 5.91 Å². The fourth-order valence-electron chi connectivity index (χ4n) is 4.78. The molecule has 5 nitrogen and oxygen atoms in total. The summed E-state index contributed by atoms with van der Waals surface area (Å²) in [5.74, 6) is 1.03. The average Bonchev–Trinajstić information content (AvgIpc) is 3.15. The van der Waals surface area contributed by atoms with Crippen LogP contribution < -0.4 is 9.64 Å². The Hall–Kier alpha value is -2.95. The summed E-state index contributed by atoms with van der Waals surface area (Å²) in [5, 5.41) is 1.08. The number of rotatable bonds is 3. The summed E-state index contributed by atoms with van der Waals surface area (Å²) in [6, 6.07) is 14.6. The van der Waals surface area contributed by atoms with Gasteiger partial charge in [-0.1, -0.05) is 31.2 Å². The molecule has 0 N–H and O–H groups in total. The molecule has 5 heteroatoms. The molecular formula is C25H29N3O2. The fraction of sp³-hybridized carbons (Fsp3) is 0.400. The molecule has 1 aromatic heterocycles. The van der Waals surface area contributed by atoms with Crippen molar-refractivity contribution in [3.63, 3.8) is 0 Å². The van der Waals surface area contributed by atoms with Crippen LogP contribution in [0.3, 0.4) is 0 Å². The highest BCUT2D eigenvalue weighted by atomic mass is 16.5. The molecule has 2 aliphatic rings. The Kier molecular flexibility index (Phi) is 4.69. The minimum atomic E-state index is 0.114. The lowest BCUT2D eigenvalue weighted by molar-refractivity contribution is 0.0730. The van der Waals surface area contributed by atoms with E-state index in [1.807, 2.05) is 23.1 Å². The second-order valence-electron chi connectivity index (χ2n) is 8.48. The van der Waals surface area contributed by atoms with Gasteiger partial charge in [0.15, 0.2) is 0 Å². The molecule has 2 aliphatic heterocycles. The molecule has 30 heavy (non-hydrogen) atoms. The van der Waals surface area contributed by atoms with Gasteiger partial charge in [0, 0.05) is 37.3 Å². The fourth-order valence-corrected chi connectivity index (χ4v) is 4.78. The molecular weight excluding hydrogens is 374 g/mol. The molecule has 0 bridgehead atoms. The van der Waals surface area contributed by atoms with E-state index in [-0.39, 0.29) is 12.0 Å². The van der Waals surface area contributed by atoms with E-state index in [0.29, 0.717) is 0 Å². The zero-order valence-electron chi connectivity index (χ0n) is 18.0. The highest BCUT2D eigenvalue weighted by molar-refractivity contribution is 6.00. The van der Waals surface area contributed by atoms with E-state index in [4.69, 9.17) is 4.74 Å². The first-order chi connectivity index (χ1) is 14.6. The summed E-state index contributed by atoms with van der Waals surface area (Å²) >= 11 is 0. The summed E-state index contributed by atoms with van der Waals surface area (Å²) in [5.41, 5.74) is 5.78. The van der Waals surface area contributed by atoms with Gasteiger partial charge >= 0.3 is 0 Å². The van der Waals surface area contributed by atoms with Gasteiger partial charge in [0.05, 0.1) is 12.1 Å². The third-order valence-corrected chi connectivity index (χ3v) is 6.72. The van der Waals surface area contributed by atoms with Crippen molar-refractivity contribution in [3.8, 4) is 5.75 Å². The van der Waals surface area contributed by atoms with Crippen LogP contribution >= 0.6 is 0 Å². The minimum absolute atomic E-state index is 0.114. The zero-order valence-corrected chi connectivity index (χ0v) is 18.0. The number of carbonyl (C=O) groups excluding carboxylic acids is 1. The summed E-state index contributed by atoms with van der Waals surface area (Å²) in [6.45, 7) is 10.4. The van der Waals surface area contributed by atoms with Crippen molar-refractivity contribution in [3.05, 3.63) is 59.3 Å². The molecule has 0 unspecified atom stereocenters. The molecule has 3 heterocycles.